The second-order valence-electron chi connectivity index (χ2n) is 6.65. The lowest BCUT2D eigenvalue weighted by Gasteiger charge is -2.53. The lowest BCUT2D eigenvalue weighted by molar-refractivity contribution is -0.0510. The average Bonchev–Trinajstić information content (AvgIpc) is 2.10. The highest BCUT2D eigenvalue weighted by Gasteiger charge is 2.47. The normalized spacial score (nSPS) is 27.8. The molecule has 0 aliphatic carbocycles. The predicted octanol–water partition coefficient (Wildman–Crippen LogP) is 2.00. The molecule has 0 aromatic rings. The molecule has 1 atom stereocenters. The summed E-state index contributed by atoms with van der Waals surface area (Å²) in [4.78, 5) is 13.7. The van der Waals surface area contributed by atoms with Crippen LogP contribution in [0, 0.1) is 5.41 Å². The number of hydrogen-bond donors (Lipinski definition) is 1. The van der Waals surface area contributed by atoms with Crippen molar-refractivity contribution in [2.75, 3.05) is 19.6 Å². The summed E-state index contributed by atoms with van der Waals surface area (Å²) in [6.07, 6.45) is 2.19. The first kappa shape index (κ1) is 12.7. The lowest BCUT2D eigenvalue weighted by Crippen LogP contribution is -2.63. The first-order valence-corrected chi connectivity index (χ1v) is 6.51. The molecular formula is C13H24N2O2. The van der Waals surface area contributed by atoms with Crippen molar-refractivity contribution >= 4 is 6.09 Å². The maximum Gasteiger partial charge on any atom is 0.410 e. The minimum absolute atomic E-state index is 0.158. The standard InChI is InChI=1S/C13H24N2O2/c1-10-7-13(5-6-14-10)8-15(9-13)11(16)17-12(2,3)4/h10,14H,5-9H2,1-4H3. The molecule has 2 heterocycles. The number of nitrogens with zero attached hydrogens (tertiary/aromatic N) is 1. The van der Waals surface area contributed by atoms with E-state index in [-0.39, 0.29) is 11.7 Å². The highest BCUT2D eigenvalue weighted by molar-refractivity contribution is 5.69. The molecule has 98 valence electrons. The van der Waals surface area contributed by atoms with Crippen molar-refractivity contribution in [3.05, 3.63) is 0 Å². The zero-order valence-corrected chi connectivity index (χ0v) is 11.4. The average molecular weight is 240 g/mol. The van der Waals surface area contributed by atoms with E-state index in [4.69, 9.17) is 4.74 Å². The summed E-state index contributed by atoms with van der Waals surface area (Å²) in [7, 11) is 0. The molecule has 1 unspecified atom stereocenters. The van der Waals surface area contributed by atoms with Gasteiger partial charge in [0.15, 0.2) is 0 Å². The van der Waals surface area contributed by atoms with Gasteiger partial charge in [-0.25, -0.2) is 4.79 Å². The minimum Gasteiger partial charge on any atom is -0.444 e. The summed E-state index contributed by atoms with van der Waals surface area (Å²) in [5, 5.41) is 3.45. The second kappa shape index (κ2) is 4.16. The molecule has 0 radical (unpaired) electrons. The van der Waals surface area contributed by atoms with Crippen LogP contribution in [0.1, 0.15) is 40.5 Å². The third-order valence-electron chi connectivity index (χ3n) is 3.59. The summed E-state index contributed by atoms with van der Waals surface area (Å²) < 4.78 is 5.37. The van der Waals surface area contributed by atoms with Gasteiger partial charge in [-0.15, -0.1) is 0 Å². The van der Waals surface area contributed by atoms with E-state index in [0.29, 0.717) is 11.5 Å². The molecule has 2 fully saturated rings. The predicted molar refractivity (Wildman–Crippen MR) is 66.9 cm³/mol. The van der Waals surface area contributed by atoms with Crippen molar-refractivity contribution in [1.29, 1.82) is 0 Å². The summed E-state index contributed by atoms with van der Waals surface area (Å²) in [6, 6.07) is 0.574. The Balaban J connectivity index is 1.83. The largest absolute Gasteiger partial charge is 0.444 e. The fourth-order valence-electron chi connectivity index (χ4n) is 2.91. The van der Waals surface area contributed by atoms with E-state index < -0.39 is 0 Å². The first-order valence-electron chi connectivity index (χ1n) is 6.51. The molecule has 0 aromatic carbocycles. The Bertz CT molecular complexity index is 303. The van der Waals surface area contributed by atoms with Gasteiger partial charge in [-0.1, -0.05) is 0 Å². The third kappa shape index (κ3) is 2.92. The van der Waals surface area contributed by atoms with E-state index in [0.717, 1.165) is 19.6 Å². The Morgan fingerprint density at radius 3 is 2.59 bits per heavy atom. The van der Waals surface area contributed by atoms with Crippen LogP contribution in [0.2, 0.25) is 0 Å². The van der Waals surface area contributed by atoms with Crippen molar-refractivity contribution in [2.24, 2.45) is 5.41 Å². The number of ether oxygens (including phenoxy) is 1. The van der Waals surface area contributed by atoms with Crippen LogP contribution in [0.15, 0.2) is 0 Å². The van der Waals surface area contributed by atoms with Gasteiger partial charge in [-0.2, -0.15) is 0 Å². The topological polar surface area (TPSA) is 41.6 Å². The Kier molecular flexibility index (Phi) is 3.10. The van der Waals surface area contributed by atoms with E-state index in [9.17, 15) is 4.79 Å². The number of hydrogen-bond acceptors (Lipinski definition) is 3. The van der Waals surface area contributed by atoms with E-state index in [2.05, 4.69) is 12.2 Å². The SMILES string of the molecule is CC1CC2(CCN1)CN(C(=O)OC(C)(C)C)C2. The molecular weight excluding hydrogens is 216 g/mol. The quantitative estimate of drug-likeness (QED) is 0.704. The zero-order chi connectivity index (χ0) is 12.7. The summed E-state index contributed by atoms with van der Waals surface area (Å²) >= 11 is 0. The van der Waals surface area contributed by atoms with Crippen molar-refractivity contribution in [3.8, 4) is 0 Å². The molecule has 0 aromatic heterocycles. The zero-order valence-electron chi connectivity index (χ0n) is 11.4. The molecule has 1 N–H and O–H groups in total. The van der Waals surface area contributed by atoms with Crippen molar-refractivity contribution in [3.63, 3.8) is 0 Å². The molecule has 2 rings (SSSR count). The van der Waals surface area contributed by atoms with Crippen LogP contribution >= 0.6 is 0 Å². The highest BCUT2D eigenvalue weighted by atomic mass is 16.6. The van der Waals surface area contributed by atoms with Crippen molar-refractivity contribution in [2.45, 2.75) is 52.2 Å². The number of piperidine rings is 1. The summed E-state index contributed by atoms with van der Waals surface area (Å²) in [6.45, 7) is 10.8. The van der Waals surface area contributed by atoms with Crippen LogP contribution in [-0.4, -0.2) is 42.3 Å². The van der Waals surface area contributed by atoms with E-state index in [1.54, 1.807) is 0 Å². The third-order valence-corrected chi connectivity index (χ3v) is 3.59. The Hall–Kier alpha value is -0.770. The smallest absolute Gasteiger partial charge is 0.410 e. The summed E-state index contributed by atoms with van der Waals surface area (Å²) in [5.41, 5.74) is -0.0250. The van der Waals surface area contributed by atoms with E-state index in [1.165, 1.54) is 12.8 Å². The van der Waals surface area contributed by atoms with Gasteiger partial charge in [-0.3, -0.25) is 0 Å². The van der Waals surface area contributed by atoms with Gasteiger partial charge in [0.1, 0.15) is 5.60 Å². The molecule has 2 aliphatic rings. The molecule has 2 aliphatic heterocycles. The van der Waals surface area contributed by atoms with E-state index >= 15 is 0 Å². The minimum atomic E-state index is -0.388. The Labute approximate surface area is 104 Å². The highest BCUT2D eigenvalue weighted by Crippen LogP contribution is 2.40. The van der Waals surface area contributed by atoms with Gasteiger partial charge < -0.3 is 15.0 Å². The van der Waals surface area contributed by atoms with Gasteiger partial charge in [0.2, 0.25) is 0 Å². The maximum atomic E-state index is 11.8. The number of nitrogens with one attached hydrogen (secondary N) is 1. The van der Waals surface area contributed by atoms with Crippen LogP contribution in [-0.2, 0) is 4.74 Å². The molecule has 1 spiro atoms. The Morgan fingerprint density at radius 2 is 2.06 bits per heavy atom. The number of carbonyl (C=O) groups excluding carboxylic acids is 1. The molecule has 17 heavy (non-hydrogen) atoms. The fourth-order valence-corrected chi connectivity index (χ4v) is 2.91. The van der Waals surface area contributed by atoms with Gasteiger partial charge in [-0.05, 0) is 47.1 Å². The lowest BCUT2D eigenvalue weighted by atomic mass is 9.70. The van der Waals surface area contributed by atoms with Crippen LogP contribution in [0.3, 0.4) is 0 Å². The van der Waals surface area contributed by atoms with E-state index in [1.807, 2.05) is 25.7 Å². The molecule has 4 heteroatoms. The van der Waals surface area contributed by atoms with Gasteiger partial charge >= 0.3 is 6.09 Å². The second-order valence-corrected chi connectivity index (χ2v) is 6.65. The molecule has 0 bridgehead atoms. The monoisotopic (exact) mass is 240 g/mol. The molecule has 4 nitrogen and oxygen atoms in total. The van der Waals surface area contributed by atoms with Crippen molar-refractivity contribution < 1.29 is 9.53 Å². The Morgan fingerprint density at radius 1 is 1.41 bits per heavy atom. The van der Waals surface area contributed by atoms with Gasteiger partial charge in [0, 0.05) is 24.5 Å². The summed E-state index contributed by atoms with van der Waals surface area (Å²) in [5.74, 6) is 0. The van der Waals surface area contributed by atoms with Crippen LogP contribution < -0.4 is 5.32 Å². The number of rotatable bonds is 0. The number of carbonyl (C=O) groups is 1. The molecule has 2 saturated heterocycles. The van der Waals surface area contributed by atoms with Crippen LogP contribution in [0.5, 0.6) is 0 Å². The number of amides is 1. The number of likely N-dealkylation sites (tertiary alicyclic amines) is 1. The molecule has 1 amide bonds. The molecule has 0 saturated carbocycles. The van der Waals surface area contributed by atoms with Crippen LogP contribution in [0.25, 0.3) is 0 Å². The van der Waals surface area contributed by atoms with Crippen LogP contribution in [0.4, 0.5) is 4.79 Å². The van der Waals surface area contributed by atoms with Gasteiger partial charge in [0.25, 0.3) is 0 Å². The van der Waals surface area contributed by atoms with Crippen molar-refractivity contribution in [1.82, 2.24) is 10.2 Å². The first-order chi connectivity index (χ1) is 7.80. The fraction of sp³-hybridized carbons (Fsp3) is 0.923. The van der Waals surface area contributed by atoms with Gasteiger partial charge in [0.05, 0.1) is 0 Å². The maximum absolute atomic E-state index is 11.8.